The predicted molar refractivity (Wildman–Crippen MR) is 68.0 cm³/mol. The number of hydrogen-bond acceptors (Lipinski definition) is 3. The van der Waals surface area contributed by atoms with E-state index in [0.29, 0.717) is 5.41 Å². The van der Waals surface area contributed by atoms with Gasteiger partial charge >= 0.3 is 0 Å². The lowest BCUT2D eigenvalue weighted by molar-refractivity contribution is 0.732. The van der Waals surface area contributed by atoms with Gasteiger partial charge in [-0.1, -0.05) is 30.3 Å². The SMILES string of the molecule is c1ccc(C2(CNc3nccs3)CC2)cc1. The summed E-state index contributed by atoms with van der Waals surface area (Å²) in [5.41, 5.74) is 1.83. The number of thiazole rings is 1. The molecule has 1 saturated carbocycles. The molecule has 1 fully saturated rings. The minimum absolute atomic E-state index is 0.368. The van der Waals surface area contributed by atoms with E-state index in [1.54, 1.807) is 11.3 Å². The summed E-state index contributed by atoms with van der Waals surface area (Å²) in [5.74, 6) is 0. The summed E-state index contributed by atoms with van der Waals surface area (Å²) in [7, 11) is 0. The number of hydrogen-bond donors (Lipinski definition) is 1. The molecular weight excluding hydrogens is 216 g/mol. The molecule has 1 aromatic carbocycles. The van der Waals surface area contributed by atoms with Crippen LogP contribution in [0.4, 0.5) is 5.13 Å². The van der Waals surface area contributed by atoms with Crippen molar-refractivity contribution in [2.75, 3.05) is 11.9 Å². The van der Waals surface area contributed by atoms with Gasteiger partial charge in [-0.05, 0) is 18.4 Å². The van der Waals surface area contributed by atoms with Crippen LogP contribution in [0.2, 0.25) is 0 Å². The molecular formula is C13H14N2S. The van der Waals surface area contributed by atoms with E-state index in [9.17, 15) is 0 Å². The maximum atomic E-state index is 4.25. The maximum absolute atomic E-state index is 4.25. The van der Waals surface area contributed by atoms with Gasteiger partial charge in [-0.25, -0.2) is 4.98 Å². The third-order valence-corrected chi connectivity index (χ3v) is 3.98. The van der Waals surface area contributed by atoms with Crippen LogP contribution >= 0.6 is 11.3 Å². The molecule has 82 valence electrons. The van der Waals surface area contributed by atoms with Gasteiger partial charge in [0.15, 0.2) is 5.13 Å². The molecule has 0 atom stereocenters. The van der Waals surface area contributed by atoms with Gasteiger partial charge in [0.1, 0.15) is 0 Å². The third kappa shape index (κ3) is 1.83. The Kier molecular flexibility index (Phi) is 2.40. The van der Waals surface area contributed by atoms with Crippen molar-refractivity contribution in [3.05, 3.63) is 47.5 Å². The number of nitrogens with zero attached hydrogens (tertiary/aromatic N) is 1. The molecule has 1 aliphatic rings. The van der Waals surface area contributed by atoms with Gasteiger partial charge in [-0.2, -0.15) is 0 Å². The molecule has 2 nitrogen and oxygen atoms in total. The van der Waals surface area contributed by atoms with Gasteiger partial charge in [0, 0.05) is 23.5 Å². The van der Waals surface area contributed by atoms with Gasteiger partial charge < -0.3 is 5.32 Å². The molecule has 0 amide bonds. The molecule has 1 aromatic heterocycles. The quantitative estimate of drug-likeness (QED) is 0.871. The summed E-state index contributed by atoms with van der Waals surface area (Å²) < 4.78 is 0. The van der Waals surface area contributed by atoms with Crippen LogP contribution in [-0.2, 0) is 5.41 Å². The molecule has 0 spiro atoms. The standard InChI is InChI=1S/C13H14N2S/c1-2-4-11(5-3-1)13(6-7-13)10-15-12-14-8-9-16-12/h1-5,8-9H,6-7,10H2,(H,14,15). The Morgan fingerprint density at radius 3 is 2.69 bits per heavy atom. The number of aromatic nitrogens is 1. The molecule has 1 N–H and O–H groups in total. The molecule has 0 unspecified atom stereocenters. The average Bonchev–Trinajstić information content (AvgIpc) is 2.96. The average molecular weight is 230 g/mol. The lowest BCUT2D eigenvalue weighted by atomic mass is 9.96. The molecule has 0 aliphatic heterocycles. The van der Waals surface area contributed by atoms with Crippen LogP contribution in [0.1, 0.15) is 18.4 Å². The second kappa shape index (κ2) is 3.91. The topological polar surface area (TPSA) is 24.9 Å². The number of anilines is 1. The summed E-state index contributed by atoms with van der Waals surface area (Å²) in [6.45, 7) is 1.00. The first kappa shape index (κ1) is 9.85. The number of benzene rings is 1. The van der Waals surface area contributed by atoms with Crippen molar-refractivity contribution < 1.29 is 0 Å². The fraction of sp³-hybridized carbons (Fsp3) is 0.308. The lowest BCUT2D eigenvalue weighted by Crippen LogP contribution is -2.19. The van der Waals surface area contributed by atoms with Crippen molar-refractivity contribution in [1.29, 1.82) is 0 Å². The normalized spacial score (nSPS) is 17.0. The van der Waals surface area contributed by atoms with Crippen molar-refractivity contribution >= 4 is 16.5 Å². The van der Waals surface area contributed by atoms with Crippen molar-refractivity contribution in [1.82, 2.24) is 4.98 Å². The monoisotopic (exact) mass is 230 g/mol. The lowest BCUT2D eigenvalue weighted by Gasteiger charge is -2.15. The van der Waals surface area contributed by atoms with Crippen LogP contribution in [0.5, 0.6) is 0 Å². The van der Waals surface area contributed by atoms with Gasteiger partial charge in [-0.3, -0.25) is 0 Å². The zero-order valence-electron chi connectivity index (χ0n) is 9.02. The number of nitrogens with one attached hydrogen (secondary N) is 1. The summed E-state index contributed by atoms with van der Waals surface area (Å²) in [5, 5.41) is 6.47. The highest BCUT2D eigenvalue weighted by molar-refractivity contribution is 7.13. The summed E-state index contributed by atoms with van der Waals surface area (Å²) in [6.07, 6.45) is 4.42. The smallest absolute Gasteiger partial charge is 0.182 e. The zero-order valence-corrected chi connectivity index (χ0v) is 9.83. The second-order valence-corrected chi connectivity index (χ2v) is 5.23. The van der Waals surface area contributed by atoms with Crippen LogP contribution in [0.25, 0.3) is 0 Å². The predicted octanol–water partition coefficient (Wildman–Crippen LogP) is 3.29. The Balaban J connectivity index is 1.71. The first-order chi connectivity index (χ1) is 7.89. The molecule has 0 saturated heterocycles. The minimum Gasteiger partial charge on any atom is -0.361 e. The Hall–Kier alpha value is -1.35. The van der Waals surface area contributed by atoms with E-state index in [2.05, 4.69) is 40.6 Å². The zero-order chi connectivity index (χ0) is 10.8. The van der Waals surface area contributed by atoms with Gasteiger partial charge in [0.2, 0.25) is 0 Å². The molecule has 1 heterocycles. The van der Waals surface area contributed by atoms with E-state index in [-0.39, 0.29) is 0 Å². The van der Waals surface area contributed by atoms with Gasteiger partial charge in [-0.15, -0.1) is 11.3 Å². The van der Waals surface area contributed by atoms with E-state index < -0.39 is 0 Å². The fourth-order valence-electron chi connectivity index (χ4n) is 2.07. The van der Waals surface area contributed by atoms with Gasteiger partial charge in [0.05, 0.1) is 0 Å². The Morgan fingerprint density at radius 1 is 1.25 bits per heavy atom. The Bertz CT molecular complexity index is 446. The molecule has 1 aliphatic carbocycles. The highest BCUT2D eigenvalue weighted by Gasteiger charge is 2.43. The van der Waals surface area contributed by atoms with E-state index in [0.717, 1.165) is 11.7 Å². The van der Waals surface area contributed by atoms with Gasteiger partial charge in [0.25, 0.3) is 0 Å². The van der Waals surface area contributed by atoms with Crippen LogP contribution in [0, 0.1) is 0 Å². The van der Waals surface area contributed by atoms with Crippen LogP contribution in [0.15, 0.2) is 41.9 Å². The third-order valence-electron chi connectivity index (χ3n) is 3.25. The van der Waals surface area contributed by atoms with Crippen molar-refractivity contribution in [2.24, 2.45) is 0 Å². The van der Waals surface area contributed by atoms with E-state index in [1.165, 1.54) is 18.4 Å². The Labute approximate surface area is 99.4 Å². The van der Waals surface area contributed by atoms with E-state index in [1.807, 2.05) is 11.6 Å². The van der Waals surface area contributed by atoms with Crippen molar-refractivity contribution in [2.45, 2.75) is 18.3 Å². The fourth-order valence-corrected chi connectivity index (χ4v) is 2.59. The summed E-state index contributed by atoms with van der Waals surface area (Å²) in [4.78, 5) is 4.25. The first-order valence-corrected chi connectivity index (χ1v) is 6.46. The van der Waals surface area contributed by atoms with E-state index in [4.69, 9.17) is 0 Å². The van der Waals surface area contributed by atoms with Crippen LogP contribution < -0.4 is 5.32 Å². The molecule has 16 heavy (non-hydrogen) atoms. The summed E-state index contributed by atoms with van der Waals surface area (Å²) in [6, 6.07) is 10.8. The van der Waals surface area contributed by atoms with Crippen LogP contribution in [-0.4, -0.2) is 11.5 Å². The number of rotatable bonds is 4. The highest BCUT2D eigenvalue weighted by Crippen LogP contribution is 2.48. The second-order valence-electron chi connectivity index (χ2n) is 4.34. The molecule has 3 rings (SSSR count). The first-order valence-electron chi connectivity index (χ1n) is 5.58. The maximum Gasteiger partial charge on any atom is 0.182 e. The largest absolute Gasteiger partial charge is 0.361 e. The molecule has 2 aromatic rings. The Morgan fingerprint density at radius 2 is 2.06 bits per heavy atom. The van der Waals surface area contributed by atoms with Crippen molar-refractivity contribution in [3.63, 3.8) is 0 Å². The molecule has 0 radical (unpaired) electrons. The highest BCUT2D eigenvalue weighted by atomic mass is 32.1. The van der Waals surface area contributed by atoms with E-state index >= 15 is 0 Å². The molecule has 0 bridgehead atoms. The van der Waals surface area contributed by atoms with Crippen molar-refractivity contribution in [3.8, 4) is 0 Å². The summed E-state index contributed by atoms with van der Waals surface area (Å²) >= 11 is 1.66. The van der Waals surface area contributed by atoms with Crippen LogP contribution in [0.3, 0.4) is 0 Å². The molecule has 3 heteroatoms. The minimum atomic E-state index is 0.368.